The number of nitrogens with zero attached hydrogens (tertiary/aromatic N) is 1. The maximum Gasteiger partial charge on any atom is 0.338 e. The van der Waals surface area contributed by atoms with Gasteiger partial charge in [0.15, 0.2) is 0 Å². The second-order valence-electron chi connectivity index (χ2n) is 4.42. The molecule has 9 nitrogen and oxygen atoms in total. The second-order valence-corrected chi connectivity index (χ2v) is 4.42. The predicted octanol–water partition coefficient (Wildman–Crippen LogP) is -1.06. The largest absolute Gasteiger partial charge is 0.479 e. The Balaban J connectivity index is 2.11. The number of nitrogens with one attached hydrogen (secondary N) is 1. The minimum absolute atomic E-state index is 0.133. The molecule has 1 aromatic carbocycles. The fraction of sp³-hybridized carbons (Fsp3) is 0.154. The summed E-state index contributed by atoms with van der Waals surface area (Å²) in [6.45, 7) is -0.761. The number of carboxylic acids is 2. The SMILES string of the molecule is O=C(CN1C(=O)c2ccccc2C1=O)NC(C(=O)O)C(=O)O. The number of fused-ring (bicyclic) bond motifs is 1. The molecule has 2 rings (SSSR count). The van der Waals surface area contributed by atoms with Crippen LogP contribution in [0.3, 0.4) is 0 Å². The highest BCUT2D eigenvalue weighted by Gasteiger charge is 2.37. The van der Waals surface area contributed by atoms with Crippen LogP contribution in [-0.2, 0) is 14.4 Å². The van der Waals surface area contributed by atoms with Crippen molar-refractivity contribution in [2.24, 2.45) is 0 Å². The highest BCUT2D eigenvalue weighted by atomic mass is 16.4. The third kappa shape index (κ3) is 2.64. The van der Waals surface area contributed by atoms with Crippen LogP contribution in [0.1, 0.15) is 20.7 Å². The number of hydrogen-bond acceptors (Lipinski definition) is 5. The standard InChI is InChI=1S/C13H10N2O7/c16-8(14-9(12(19)20)13(21)22)5-15-10(17)6-3-1-2-4-7(6)11(15)18/h1-4,9H,5H2,(H,14,16)(H,19,20)(H,21,22). The van der Waals surface area contributed by atoms with Gasteiger partial charge in [0.1, 0.15) is 6.54 Å². The van der Waals surface area contributed by atoms with Gasteiger partial charge in [0.2, 0.25) is 11.9 Å². The quantitative estimate of drug-likeness (QED) is 0.465. The summed E-state index contributed by atoms with van der Waals surface area (Å²) in [5, 5.41) is 19.0. The molecule has 0 aliphatic carbocycles. The second kappa shape index (κ2) is 5.64. The predicted molar refractivity (Wildman–Crippen MR) is 69.0 cm³/mol. The van der Waals surface area contributed by atoms with Crippen LogP contribution in [0.4, 0.5) is 0 Å². The van der Waals surface area contributed by atoms with Gasteiger partial charge in [0.25, 0.3) is 11.8 Å². The highest BCUT2D eigenvalue weighted by Crippen LogP contribution is 2.21. The van der Waals surface area contributed by atoms with Crippen molar-refractivity contribution in [3.63, 3.8) is 0 Å². The van der Waals surface area contributed by atoms with Gasteiger partial charge in [-0.3, -0.25) is 19.3 Å². The van der Waals surface area contributed by atoms with Crippen LogP contribution >= 0.6 is 0 Å². The molecule has 1 heterocycles. The van der Waals surface area contributed by atoms with E-state index in [0.717, 1.165) is 0 Å². The third-order valence-corrected chi connectivity index (χ3v) is 2.98. The van der Waals surface area contributed by atoms with E-state index < -0.39 is 42.2 Å². The van der Waals surface area contributed by atoms with E-state index in [2.05, 4.69) is 0 Å². The number of carboxylic acid groups (broad SMARTS) is 2. The lowest BCUT2D eigenvalue weighted by Gasteiger charge is -2.15. The fourth-order valence-electron chi connectivity index (χ4n) is 1.96. The Morgan fingerprint density at radius 3 is 1.86 bits per heavy atom. The molecule has 0 aromatic heterocycles. The molecule has 0 atom stereocenters. The molecule has 0 fully saturated rings. The zero-order chi connectivity index (χ0) is 16.4. The zero-order valence-electron chi connectivity index (χ0n) is 11.0. The van der Waals surface area contributed by atoms with Crippen LogP contribution in [0, 0.1) is 0 Å². The molecule has 114 valence electrons. The van der Waals surface area contributed by atoms with Crippen molar-refractivity contribution in [3.8, 4) is 0 Å². The molecule has 0 bridgehead atoms. The summed E-state index contributed by atoms with van der Waals surface area (Å²) in [5.74, 6) is -5.98. The lowest BCUT2D eigenvalue weighted by molar-refractivity contribution is -0.153. The number of aliphatic carboxylic acids is 2. The first-order valence-corrected chi connectivity index (χ1v) is 6.03. The first-order valence-electron chi connectivity index (χ1n) is 6.03. The monoisotopic (exact) mass is 306 g/mol. The van der Waals surface area contributed by atoms with Gasteiger partial charge in [-0.15, -0.1) is 0 Å². The summed E-state index contributed by atoms with van der Waals surface area (Å²) >= 11 is 0. The van der Waals surface area contributed by atoms with Crippen molar-refractivity contribution in [2.45, 2.75) is 6.04 Å². The minimum Gasteiger partial charge on any atom is -0.479 e. The van der Waals surface area contributed by atoms with Gasteiger partial charge in [0.05, 0.1) is 11.1 Å². The molecule has 0 unspecified atom stereocenters. The molecular weight excluding hydrogens is 296 g/mol. The van der Waals surface area contributed by atoms with Crippen molar-refractivity contribution < 1.29 is 34.2 Å². The molecule has 22 heavy (non-hydrogen) atoms. The number of imide groups is 1. The molecule has 0 saturated carbocycles. The lowest BCUT2D eigenvalue weighted by Crippen LogP contribution is -2.50. The van der Waals surface area contributed by atoms with Crippen molar-refractivity contribution in [2.75, 3.05) is 6.54 Å². The maximum atomic E-state index is 12.0. The van der Waals surface area contributed by atoms with Crippen LogP contribution in [0.5, 0.6) is 0 Å². The molecule has 0 radical (unpaired) electrons. The highest BCUT2D eigenvalue weighted by molar-refractivity contribution is 6.22. The zero-order valence-corrected chi connectivity index (χ0v) is 11.0. The van der Waals surface area contributed by atoms with E-state index in [1.807, 2.05) is 0 Å². The van der Waals surface area contributed by atoms with E-state index in [-0.39, 0.29) is 11.1 Å². The Hall–Kier alpha value is -3.23. The summed E-state index contributed by atoms with van der Waals surface area (Å²) in [7, 11) is 0. The third-order valence-electron chi connectivity index (χ3n) is 2.98. The van der Waals surface area contributed by atoms with E-state index in [0.29, 0.717) is 4.90 Å². The Morgan fingerprint density at radius 2 is 1.45 bits per heavy atom. The molecule has 0 saturated heterocycles. The minimum atomic E-state index is -2.15. The van der Waals surface area contributed by atoms with Crippen molar-refractivity contribution in [3.05, 3.63) is 35.4 Å². The van der Waals surface area contributed by atoms with Gasteiger partial charge in [-0.05, 0) is 12.1 Å². The molecule has 1 aliphatic heterocycles. The van der Waals surface area contributed by atoms with Crippen molar-refractivity contribution in [1.82, 2.24) is 10.2 Å². The molecule has 0 spiro atoms. The Bertz CT molecular complexity index is 648. The first kappa shape index (κ1) is 15.2. The van der Waals surface area contributed by atoms with Gasteiger partial charge < -0.3 is 15.5 Å². The summed E-state index contributed by atoms with van der Waals surface area (Å²) in [4.78, 5) is 57.6. The Morgan fingerprint density at radius 1 is 1.00 bits per heavy atom. The number of amides is 3. The maximum absolute atomic E-state index is 12.0. The van der Waals surface area contributed by atoms with Crippen molar-refractivity contribution >= 4 is 29.7 Å². The topological polar surface area (TPSA) is 141 Å². The molecule has 9 heteroatoms. The van der Waals surface area contributed by atoms with Gasteiger partial charge in [-0.1, -0.05) is 12.1 Å². The Labute approximate surface area is 123 Å². The van der Waals surface area contributed by atoms with E-state index in [1.165, 1.54) is 12.1 Å². The van der Waals surface area contributed by atoms with E-state index >= 15 is 0 Å². The van der Waals surface area contributed by atoms with Crippen LogP contribution in [0.15, 0.2) is 24.3 Å². The number of benzene rings is 1. The number of hydrogen-bond donors (Lipinski definition) is 3. The van der Waals surface area contributed by atoms with Gasteiger partial charge in [0, 0.05) is 0 Å². The van der Waals surface area contributed by atoms with Crippen molar-refractivity contribution in [1.29, 1.82) is 0 Å². The normalized spacial score (nSPS) is 13.2. The molecular formula is C13H10N2O7. The summed E-state index contributed by atoms with van der Waals surface area (Å²) in [6, 6.07) is 3.80. The van der Waals surface area contributed by atoms with Gasteiger partial charge in [-0.2, -0.15) is 0 Å². The van der Waals surface area contributed by atoms with E-state index in [1.54, 1.807) is 17.4 Å². The van der Waals surface area contributed by atoms with E-state index in [4.69, 9.17) is 10.2 Å². The van der Waals surface area contributed by atoms with Gasteiger partial charge >= 0.3 is 11.9 Å². The van der Waals surface area contributed by atoms with Crippen LogP contribution in [0.25, 0.3) is 0 Å². The Kier molecular flexibility index (Phi) is 3.89. The summed E-state index contributed by atoms with van der Waals surface area (Å²) in [6.07, 6.45) is 0. The van der Waals surface area contributed by atoms with Crippen LogP contribution in [-0.4, -0.2) is 57.4 Å². The number of carbonyl (C=O) groups excluding carboxylic acids is 3. The van der Waals surface area contributed by atoms with Crippen LogP contribution < -0.4 is 5.32 Å². The summed E-state index contributed by atoms with van der Waals surface area (Å²) in [5.41, 5.74) is 0.265. The van der Waals surface area contributed by atoms with E-state index in [9.17, 15) is 24.0 Å². The smallest absolute Gasteiger partial charge is 0.338 e. The first-order chi connectivity index (χ1) is 10.3. The molecule has 1 aliphatic rings. The molecule has 3 amide bonds. The molecule has 3 N–H and O–H groups in total. The molecule has 1 aromatic rings. The number of carbonyl (C=O) groups is 5. The average molecular weight is 306 g/mol. The fourth-order valence-corrected chi connectivity index (χ4v) is 1.96. The number of rotatable bonds is 5. The average Bonchev–Trinajstić information content (AvgIpc) is 2.70. The van der Waals surface area contributed by atoms with Gasteiger partial charge in [-0.25, -0.2) is 9.59 Å². The van der Waals surface area contributed by atoms with Crippen LogP contribution in [0.2, 0.25) is 0 Å². The summed E-state index contributed by atoms with van der Waals surface area (Å²) < 4.78 is 0. The lowest BCUT2D eigenvalue weighted by atomic mass is 10.1.